The van der Waals surface area contributed by atoms with Gasteiger partial charge in [0.25, 0.3) is 10.0 Å². The van der Waals surface area contributed by atoms with Crippen molar-refractivity contribution in [1.29, 1.82) is 0 Å². The molecule has 23 heavy (non-hydrogen) atoms. The van der Waals surface area contributed by atoms with Gasteiger partial charge in [-0.3, -0.25) is 0 Å². The van der Waals surface area contributed by atoms with Crippen LogP contribution in [-0.4, -0.2) is 37.6 Å². The molecule has 0 spiro atoms. The molecule has 118 valence electrons. The van der Waals surface area contributed by atoms with Gasteiger partial charge in [0.15, 0.2) is 5.84 Å². The minimum Gasteiger partial charge on any atom is -0.507 e. The number of sulfonamides is 1. The van der Waals surface area contributed by atoms with Crippen LogP contribution >= 0.6 is 15.9 Å². The largest absolute Gasteiger partial charge is 0.507 e. The number of phenols is 1. The Morgan fingerprint density at radius 3 is 2.78 bits per heavy atom. The Morgan fingerprint density at radius 1 is 1.26 bits per heavy atom. The zero-order valence-corrected chi connectivity index (χ0v) is 14.4. The maximum absolute atomic E-state index is 12.0. The number of fused-ring (bicyclic) bond motifs is 1. The van der Waals surface area contributed by atoms with Crippen molar-refractivity contribution < 1.29 is 13.5 Å². The first-order valence-electron chi connectivity index (χ1n) is 6.59. The molecule has 2 aromatic rings. The number of amidine groups is 1. The lowest BCUT2D eigenvalue weighted by Gasteiger charge is -2.12. The molecule has 1 aliphatic heterocycles. The molecule has 2 aromatic carbocycles. The molecule has 6 nitrogen and oxygen atoms in total. The molecule has 8 heteroatoms. The van der Waals surface area contributed by atoms with Crippen LogP contribution in [0.15, 0.2) is 61.3 Å². The molecule has 0 saturated carbocycles. The summed E-state index contributed by atoms with van der Waals surface area (Å²) < 4.78 is 28.6. The second-order valence-electron chi connectivity index (χ2n) is 4.86. The smallest absolute Gasteiger partial charge is 0.285 e. The highest BCUT2D eigenvalue weighted by molar-refractivity contribution is 9.10. The van der Waals surface area contributed by atoms with Gasteiger partial charge < -0.3 is 5.11 Å². The summed E-state index contributed by atoms with van der Waals surface area (Å²) >= 11 is 3.32. The minimum atomic E-state index is -3.68. The Morgan fingerprint density at radius 2 is 2.00 bits per heavy atom. The lowest BCUT2D eigenvalue weighted by molar-refractivity contribution is 0.474. The lowest BCUT2D eigenvalue weighted by atomic mass is 10.2. The van der Waals surface area contributed by atoms with Crippen LogP contribution < -0.4 is 0 Å². The molecule has 0 atom stereocenters. The van der Waals surface area contributed by atoms with Gasteiger partial charge in [0, 0.05) is 22.6 Å². The second kappa shape index (κ2) is 5.78. The van der Waals surface area contributed by atoms with Crippen LogP contribution in [0.1, 0.15) is 11.1 Å². The lowest BCUT2D eigenvalue weighted by Crippen LogP contribution is -2.21. The van der Waals surface area contributed by atoms with E-state index in [0.717, 1.165) is 4.47 Å². The summed E-state index contributed by atoms with van der Waals surface area (Å²) in [4.78, 5) is 0.169. The zero-order chi connectivity index (χ0) is 16.6. The molecule has 3 rings (SSSR count). The molecule has 0 fully saturated rings. The maximum atomic E-state index is 12.0. The van der Waals surface area contributed by atoms with Gasteiger partial charge in [0.2, 0.25) is 0 Å². The highest BCUT2D eigenvalue weighted by atomic mass is 79.9. The number of nitrogens with zero attached hydrogens (tertiary/aromatic N) is 3. The normalized spacial score (nSPS) is 15.5. The van der Waals surface area contributed by atoms with Gasteiger partial charge in [-0.15, -0.1) is 4.40 Å². The third kappa shape index (κ3) is 2.99. The average molecular weight is 394 g/mol. The molecule has 0 amide bonds. The number of aromatic hydroxyl groups is 1. The minimum absolute atomic E-state index is 0.0757. The number of hydrogen-bond acceptors (Lipinski definition) is 5. The highest BCUT2D eigenvalue weighted by Gasteiger charge is 2.30. The first kappa shape index (κ1) is 15.7. The third-order valence-electron chi connectivity index (χ3n) is 3.28. The third-order valence-corrected chi connectivity index (χ3v) is 5.10. The monoisotopic (exact) mass is 393 g/mol. The van der Waals surface area contributed by atoms with E-state index in [2.05, 4.69) is 25.4 Å². The SMILES string of the molecule is CN(/N=C\c1cc(Br)ccc1O)C1=NS(=O)(=O)c2ccccc21. The van der Waals surface area contributed by atoms with E-state index in [9.17, 15) is 13.5 Å². The first-order valence-corrected chi connectivity index (χ1v) is 8.82. The van der Waals surface area contributed by atoms with Crippen LogP contribution in [0.4, 0.5) is 0 Å². The first-order chi connectivity index (χ1) is 10.9. The van der Waals surface area contributed by atoms with Gasteiger partial charge in [-0.25, -0.2) is 5.01 Å². The van der Waals surface area contributed by atoms with Crippen molar-refractivity contribution in [1.82, 2.24) is 5.01 Å². The molecule has 0 bridgehead atoms. The van der Waals surface area contributed by atoms with E-state index in [-0.39, 0.29) is 16.5 Å². The van der Waals surface area contributed by atoms with Crippen molar-refractivity contribution in [3.05, 3.63) is 58.1 Å². The topological polar surface area (TPSA) is 82.3 Å². The van der Waals surface area contributed by atoms with Gasteiger partial charge in [0.1, 0.15) is 10.6 Å². The van der Waals surface area contributed by atoms with E-state index in [1.54, 1.807) is 37.4 Å². The average Bonchev–Trinajstić information content (AvgIpc) is 2.80. The molecule has 0 radical (unpaired) electrons. The Hall–Kier alpha value is -2.19. The molecule has 0 unspecified atom stereocenters. The standard InChI is InChI=1S/C15H12BrN3O3S/c1-19(17-9-10-8-11(16)6-7-13(10)20)15-12-4-2-3-5-14(12)23(21,22)18-15/h2-9,20H,1H3/b17-9-. The van der Waals surface area contributed by atoms with E-state index in [4.69, 9.17) is 0 Å². The summed E-state index contributed by atoms with van der Waals surface area (Å²) in [5, 5.41) is 15.3. The van der Waals surface area contributed by atoms with Crippen molar-refractivity contribution in [2.24, 2.45) is 9.50 Å². The van der Waals surface area contributed by atoms with Crippen molar-refractivity contribution >= 4 is 38.0 Å². The summed E-state index contributed by atoms with van der Waals surface area (Å²) in [6.07, 6.45) is 1.44. The van der Waals surface area contributed by atoms with Crippen LogP contribution in [-0.2, 0) is 10.0 Å². The molecular weight excluding hydrogens is 382 g/mol. The molecule has 0 saturated heterocycles. The molecule has 1 aliphatic rings. The van der Waals surface area contributed by atoms with Gasteiger partial charge in [0.05, 0.1) is 6.21 Å². The van der Waals surface area contributed by atoms with Gasteiger partial charge in [-0.1, -0.05) is 28.1 Å². The summed E-state index contributed by atoms with van der Waals surface area (Å²) in [5.41, 5.74) is 1.01. The van der Waals surface area contributed by atoms with Crippen LogP contribution in [0.2, 0.25) is 0 Å². The van der Waals surface area contributed by atoms with E-state index in [1.807, 2.05) is 0 Å². The summed E-state index contributed by atoms with van der Waals surface area (Å²) in [7, 11) is -2.08. The Bertz CT molecular complexity index is 939. The van der Waals surface area contributed by atoms with Crippen LogP contribution in [0.5, 0.6) is 5.75 Å². The second-order valence-corrected chi connectivity index (χ2v) is 7.35. The van der Waals surface area contributed by atoms with Crippen LogP contribution in [0, 0.1) is 0 Å². The number of hydrogen-bond donors (Lipinski definition) is 1. The fourth-order valence-electron chi connectivity index (χ4n) is 2.15. The summed E-state index contributed by atoms with van der Waals surface area (Å²) in [6, 6.07) is 11.5. The van der Waals surface area contributed by atoms with E-state index < -0.39 is 10.0 Å². The number of hydrazone groups is 1. The van der Waals surface area contributed by atoms with Crippen LogP contribution in [0.3, 0.4) is 0 Å². The number of phenolic OH excluding ortho intramolecular Hbond substituents is 1. The van der Waals surface area contributed by atoms with Gasteiger partial charge >= 0.3 is 0 Å². The van der Waals surface area contributed by atoms with Crippen molar-refractivity contribution in [2.75, 3.05) is 7.05 Å². The number of benzene rings is 2. The highest BCUT2D eigenvalue weighted by Crippen LogP contribution is 2.27. The Kier molecular flexibility index (Phi) is 3.95. The molecular formula is C15H12BrN3O3S. The predicted octanol–water partition coefficient (Wildman–Crippen LogP) is 2.57. The number of rotatable bonds is 2. The quantitative estimate of drug-likeness (QED) is 0.627. The molecule has 0 aromatic heterocycles. The fourth-order valence-corrected chi connectivity index (χ4v) is 3.76. The molecule has 0 aliphatic carbocycles. The van der Waals surface area contributed by atoms with E-state index >= 15 is 0 Å². The van der Waals surface area contributed by atoms with Crippen molar-refractivity contribution in [3.8, 4) is 5.75 Å². The molecule has 1 N–H and O–H groups in total. The number of halogens is 1. The summed E-state index contributed by atoms with van der Waals surface area (Å²) in [6.45, 7) is 0. The fraction of sp³-hybridized carbons (Fsp3) is 0.0667. The van der Waals surface area contributed by atoms with Gasteiger partial charge in [-0.05, 0) is 30.3 Å². The zero-order valence-electron chi connectivity index (χ0n) is 12.0. The van der Waals surface area contributed by atoms with Gasteiger partial charge in [-0.2, -0.15) is 13.5 Å². The van der Waals surface area contributed by atoms with E-state index in [0.29, 0.717) is 11.1 Å². The van der Waals surface area contributed by atoms with Crippen LogP contribution in [0.25, 0.3) is 0 Å². The maximum Gasteiger partial charge on any atom is 0.285 e. The summed E-state index contributed by atoms with van der Waals surface area (Å²) in [5.74, 6) is 0.318. The van der Waals surface area contributed by atoms with Crippen molar-refractivity contribution in [2.45, 2.75) is 4.90 Å². The molecule has 1 heterocycles. The van der Waals surface area contributed by atoms with Crippen molar-refractivity contribution in [3.63, 3.8) is 0 Å². The Labute approximate surface area is 142 Å². The van der Waals surface area contributed by atoms with E-state index in [1.165, 1.54) is 23.4 Å². The predicted molar refractivity (Wildman–Crippen MR) is 91.3 cm³/mol. The Balaban J connectivity index is 1.94.